The molecule has 2 heteroatoms. The lowest BCUT2D eigenvalue weighted by Crippen LogP contribution is -2.02. The second-order valence-corrected chi connectivity index (χ2v) is 5.97. The molecule has 1 nitrogen and oxygen atoms in total. The molecule has 1 heterocycles. The van der Waals surface area contributed by atoms with Crippen molar-refractivity contribution in [2.45, 2.75) is 32.8 Å². The Hall–Kier alpha value is -1.12. The van der Waals surface area contributed by atoms with Crippen LogP contribution in [0, 0.1) is 5.92 Å². The van der Waals surface area contributed by atoms with Gasteiger partial charge in [-0.15, -0.1) is 0 Å². The minimum absolute atomic E-state index is 0.397. The van der Waals surface area contributed by atoms with Gasteiger partial charge < -0.3 is 5.11 Å². The molecule has 0 spiro atoms. The van der Waals surface area contributed by atoms with Crippen LogP contribution in [0.5, 0.6) is 0 Å². The maximum atomic E-state index is 10.3. The Morgan fingerprint density at radius 1 is 1.11 bits per heavy atom. The van der Waals surface area contributed by atoms with Crippen LogP contribution in [-0.4, -0.2) is 5.11 Å². The zero-order valence-corrected chi connectivity index (χ0v) is 11.8. The van der Waals surface area contributed by atoms with E-state index in [-0.39, 0.29) is 0 Å². The Morgan fingerprint density at radius 3 is 2.61 bits per heavy atom. The highest BCUT2D eigenvalue weighted by molar-refractivity contribution is 7.07. The fraction of sp³-hybridized carbons (Fsp3) is 0.375. The number of aliphatic hydroxyl groups is 1. The van der Waals surface area contributed by atoms with Gasteiger partial charge in [0.2, 0.25) is 0 Å². The van der Waals surface area contributed by atoms with E-state index in [1.165, 1.54) is 11.1 Å². The normalized spacial score (nSPS) is 12.9. The lowest BCUT2D eigenvalue weighted by atomic mass is 9.97. The summed E-state index contributed by atoms with van der Waals surface area (Å²) in [5.41, 5.74) is 3.55. The number of benzene rings is 1. The van der Waals surface area contributed by atoms with E-state index in [1.807, 2.05) is 12.1 Å². The molecule has 0 radical (unpaired) electrons. The minimum atomic E-state index is -0.397. The second-order valence-electron chi connectivity index (χ2n) is 5.19. The van der Waals surface area contributed by atoms with Gasteiger partial charge in [0, 0.05) is 6.42 Å². The Bertz CT molecular complexity index is 474. The molecule has 1 N–H and O–H groups in total. The molecule has 18 heavy (non-hydrogen) atoms. The third kappa shape index (κ3) is 3.69. The van der Waals surface area contributed by atoms with Crippen LogP contribution < -0.4 is 0 Å². The molecule has 1 aromatic heterocycles. The maximum Gasteiger partial charge on any atom is 0.0830 e. The standard InChI is InChI=1S/C16H20OS/c1-12(2)8-13-4-3-5-15(9-13)16(17)10-14-6-7-18-11-14/h3-7,9,11-12,16-17H,8,10H2,1-2H3. The van der Waals surface area contributed by atoms with Gasteiger partial charge in [0.25, 0.3) is 0 Å². The Labute approximate surface area is 113 Å². The molecule has 2 aromatic rings. The zero-order chi connectivity index (χ0) is 13.0. The number of aliphatic hydroxyl groups excluding tert-OH is 1. The second kappa shape index (κ2) is 6.17. The molecule has 2 rings (SSSR count). The van der Waals surface area contributed by atoms with Crippen molar-refractivity contribution in [1.82, 2.24) is 0 Å². The SMILES string of the molecule is CC(C)Cc1cccc(C(O)Cc2ccsc2)c1. The smallest absolute Gasteiger partial charge is 0.0830 e. The van der Waals surface area contributed by atoms with Crippen LogP contribution in [0.4, 0.5) is 0 Å². The van der Waals surface area contributed by atoms with Gasteiger partial charge in [-0.3, -0.25) is 0 Å². The molecule has 0 aliphatic carbocycles. The van der Waals surface area contributed by atoms with E-state index < -0.39 is 6.10 Å². The van der Waals surface area contributed by atoms with Crippen molar-refractivity contribution in [3.8, 4) is 0 Å². The summed E-state index contributed by atoms with van der Waals surface area (Å²) in [7, 11) is 0. The van der Waals surface area contributed by atoms with Gasteiger partial charge in [-0.25, -0.2) is 0 Å². The van der Waals surface area contributed by atoms with E-state index in [2.05, 4.69) is 42.8 Å². The predicted octanol–water partition coefficient (Wildman–Crippen LogP) is 4.22. The zero-order valence-electron chi connectivity index (χ0n) is 11.0. The summed E-state index contributed by atoms with van der Waals surface area (Å²) >= 11 is 1.68. The van der Waals surface area contributed by atoms with Crippen molar-refractivity contribution in [1.29, 1.82) is 0 Å². The summed E-state index contributed by atoms with van der Waals surface area (Å²) in [4.78, 5) is 0. The Balaban J connectivity index is 2.07. The molecule has 0 fully saturated rings. The summed E-state index contributed by atoms with van der Waals surface area (Å²) in [6.45, 7) is 4.43. The lowest BCUT2D eigenvalue weighted by molar-refractivity contribution is 0.178. The highest BCUT2D eigenvalue weighted by Crippen LogP contribution is 2.21. The third-order valence-corrected chi connectivity index (χ3v) is 3.72. The molecule has 0 bridgehead atoms. The van der Waals surface area contributed by atoms with Crippen molar-refractivity contribution < 1.29 is 5.11 Å². The van der Waals surface area contributed by atoms with Gasteiger partial charge in [0.05, 0.1) is 6.10 Å². The average molecular weight is 260 g/mol. The van der Waals surface area contributed by atoms with Crippen LogP contribution in [0.15, 0.2) is 41.1 Å². The molecule has 0 saturated carbocycles. The van der Waals surface area contributed by atoms with E-state index in [1.54, 1.807) is 11.3 Å². The van der Waals surface area contributed by atoms with Crippen molar-refractivity contribution in [2.24, 2.45) is 5.92 Å². The van der Waals surface area contributed by atoms with E-state index >= 15 is 0 Å². The third-order valence-electron chi connectivity index (χ3n) is 2.99. The first-order chi connectivity index (χ1) is 8.65. The Morgan fingerprint density at radius 2 is 1.94 bits per heavy atom. The first-order valence-electron chi connectivity index (χ1n) is 6.43. The van der Waals surface area contributed by atoms with E-state index in [9.17, 15) is 5.11 Å². The minimum Gasteiger partial charge on any atom is -0.388 e. The molecule has 0 saturated heterocycles. The number of hydrogen-bond donors (Lipinski definition) is 1. The first kappa shape index (κ1) is 13.3. The molecule has 0 aliphatic heterocycles. The highest BCUT2D eigenvalue weighted by Gasteiger charge is 2.09. The Kier molecular flexibility index (Phi) is 4.56. The highest BCUT2D eigenvalue weighted by atomic mass is 32.1. The molecule has 0 aliphatic rings. The van der Waals surface area contributed by atoms with Crippen LogP contribution in [0.3, 0.4) is 0 Å². The first-order valence-corrected chi connectivity index (χ1v) is 7.37. The van der Waals surface area contributed by atoms with E-state index in [4.69, 9.17) is 0 Å². The van der Waals surface area contributed by atoms with Crippen LogP contribution in [-0.2, 0) is 12.8 Å². The number of thiophene rings is 1. The van der Waals surface area contributed by atoms with E-state index in [0.717, 1.165) is 12.0 Å². The van der Waals surface area contributed by atoms with Gasteiger partial charge >= 0.3 is 0 Å². The molecular weight excluding hydrogens is 240 g/mol. The van der Waals surface area contributed by atoms with Crippen molar-refractivity contribution in [3.63, 3.8) is 0 Å². The molecule has 0 amide bonds. The molecule has 1 aromatic carbocycles. The summed E-state index contributed by atoms with van der Waals surface area (Å²) in [5, 5.41) is 14.4. The maximum absolute atomic E-state index is 10.3. The quantitative estimate of drug-likeness (QED) is 0.853. The van der Waals surface area contributed by atoms with Crippen molar-refractivity contribution in [2.75, 3.05) is 0 Å². The lowest BCUT2D eigenvalue weighted by Gasteiger charge is -2.12. The van der Waals surface area contributed by atoms with Gasteiger partial charge in [-0.05, 0) is 45.9 Å². The van der Waals surface area contributed by atoms with Crippen molar-refractivity contribution >= 4 is 11.3 Å². The number of hydrogen-bond acceptors (Lipinski definition) is 2. The molecular formula is C16H20OS. The largest absolute Gasteiger partial charge is 0.388 e. The van der Waals surface area contributed by atoms with Crippen LogP contribution in [0.25, 0.3) is 0 Å². The summed E-state index contributed by atoms with van der Waals surface area (Å²) in [5.74, 6) is 0.647. The predicted molar refractivity (Wildman–Crippen MR) is 78.0 cm³/mol. The van der Waals surface area contributed by atoms with E-state index in [0.29, 0.717) is 12.3 Å². The van der Waals surface area contributed by atoms with Crippen LogP contribution in [0.1, 0.15) is 36.6 Å². The van der Waals surface area contributed by atoms with Gasteiger partial charge in [-0.1, -0.05) is 38.1 Å². The molecule has 1 atom stereocenters. The van der Waals surface area contributed by atoms with Gasteiger partial charge in [0.1, 0.15) is 0 Å². The molecule has 1 unspecified atom stereocenters. The summed E-state index contributed by atoms with van der Waals surface area (Å²) < 4.78 is 0. The van der Waals surface area contributed by atoms with Gasteiger partial charge in [0.15, 0.2) is 0 Å². The van der Waals surface area contributed by atoms with Crippen molar-refractivity contribution in [3.05, 3.63) is 57.8 Å². The topological polar surface area (TPSA) is 20.2 Å². The van der Waals surface area contributed by atoms with Gasteiger partial charge in [-0.2, -0.15) is 11.3 Å². The fourth-order valence-corrected chi connectivity index (χ4v) is 2.83. The molecule has 96 valence electrons. The fourth-order valence-electron chi connectivity index (χ4n) is 2.15. The summed E-state index contributed by atoms with van der Waals surface area (Å²) in [6, 6.07) is 10.4. The van der Waals surface area contributed by atoms with Crippen LogP contribution >= 0.6 is 11.3 Å². The summed E-state index contributed by atoms with van der Waals surface area (Å²) in [6.07, 6.45) is 1.37. The monoisotopic (exact) mass is 260 g/mol. The van der Waals surface area contributed by atoms with Crippen LogP contribution in [0.2, 0.25) is 0 Å². The average Bonchev–Trinajstić information content (AvgIpc) is 2.81. The number of rotatable bonds is 5.